The molecule has 0 radical (unpaired) electrons. The van der Waals surface area contributed by atoms with Gasteiger partial charge in [-0.15, -0.1) is 0 Å². The van der Waals surface area contributed by atoms with Gasteiger partial charge in [0.25, 0.3) is 11.8 Å². The van der Waals surface area contributed by atoms with Crippen molar-refractivity contribution in [2.45, 2.75) is 39.3 Å². The van der Waals surface area contributed by atoms with Crippen LogP contribution < -0.4 is 5.32 Å². The first-order valence-corrected chi connectivity index (χ1v) is 13.1. The van der Waals surface area contributed by atoms with Crippen molar-refractivity contribution in [3.63, 3.8) is 0 Å². The van der Waals surface area contributed by atoms with Gasteiger partial charge in [-0.2, -0.15) is 5.10 Å². The Kier molecular flexibility index (Phi) is 6.94. The van der Waals surface area contributed by atoms with Crippen molar-refractivity contribution in [2.75, 3.05) is 40.4 Å². The smallest absolute Gasteiger partial charge is 0.252 e. The van der Waals surface area contributed by atoms with Crippen molar-refractivity contribution in [3.8, 4) is 0 Å². The van der Waals surface area contributed by atoms with Crippen LogP contribution >= 0.6 is 0 Å². The molecule has 8 heteroatoms. The second kappa shape index (κ2) is 10.2. The first-order chi connectivity index (χ1) is 17.8. The van der Waals surface area contributed by atoms with Crippen LogP contribution in [0.15, 0.2) is 54.4 Å². The zero-order chi connectivity index (χ0) is 26.2. The number of rotatable bonds is 7. The number of carbonyl (C=O) groups is 2. The highest BCUT2D eigenvalue weighted by Gasteiger charge is 2.46. The first-order valence-electron chi connectivity index (χ1n) is 13.1. The summed E-state index contributed by atoms with van der Waals surface area (Å²) in [4.78, 5) is 30.3. The first kappa shape index (κ1) is 25.3. The third-order valence-corrected chi connectivity index (χ3v) is 8.23. The van der Waals surface area contributed by atoms with Crippen molar-refractivity contribution in [1.29, 1.82) is 0 Å². The highest BCUT2D eigenvalue weighted by molar-refractivity contribution is 6.00. The summed E-state index contributed by atoms with van der Waals surface area (Å²) in [5, 5.41) is 8.67. The topological polar surface area (TPSA) is 79.7 Å². The number of aryl methyl sites for hydroxylation is 1. The maximum Gasteiger partial charge on any atom is 0.252 e. The lowest BCUT2D eigenvalue weighted by molar-refractivity contribution is -0.129. The Morgan fingerprint density at radius 1 is 1.22 bits per heavy atom. The van der Waals surface area contributed by atoms with Gasteiger partial charge < -0.3 is 19.9 Å². The molecule has 0 saturated carbocycles. The van der Waals surface area contributed by atoms with Crippen molar-refractivity contribution < 1.29 is 14.3 Å². The van der Waals surface area contributed by atoms with Crippen molar-refractivity contribution in [1.82, 2.24) is 24.9 Å². The molecule has 1 aromatic heterocycles. The number of piperidine rings is 1. The molecular formula is C29H37N5O3. The number of nitrogens with one attached hydrogen (secondary N) is 1. The van der Waals surface area contributed by atoms with Crippen molar-refractivity contribution >= 4 is 22.7 Å². The number of likely N-dealkylation sites (N-methyl/N-ethyl adjacent to an activating group) is 1. The summed E-state index contributed by atoms with van der Waals surface area (Å²) >= 11 is 0. The number of fused-ring (bicyclic) bond motifs is 2. The minimum absolute atomic E-state index is 0.0928. The van der Waals surface area contributed by atoms with Crippen LogP contribution in [-0.4, -0.2) is 77.8 Å². The summed E-state index contributed by atoms with van der Waals surface area (Å²) in [5.41, 5.74) is 3.11. The molecule has 0 bridgehead atoms. The lowest BCUT2D eigenvalue weighted by Crippen LogP contribution is -2.44. The predicted molar refractivity (Wildman–Crippen MR) is 144 cm³/mol. The summed E-state index contributed by atoms with van der Waals surface area (Å²) in [6.45, 7) is 7.43. The fourth-order valence-electron chi connectivity index (χ4n) is 5.98. The maximum atomic E-state index is 13.5. The van der Waals surface area contributed by atoms with Crippen LogP contribution in [-0.2, 0) is 16.1 Å². The quantitative estimate of drug-likeness (QED) is 0.587. The largest absolute Gasteiger partial charge is 0.383 e. The van der Waals surface area contributed by atoms with Crippen LogP contribution in [0.4, 0.5) is 0 Å². The average molecular weight is 504 g/mol. The molecule has 3 heterocycles. The molecule has 1 saturated heterocycles. The van der Waals surface area contributed by atoms with Gasteiger partial charge >= 0.3 is 0 Å². The maximum absolute atomic E-state index is 13.5. The van der Waals surface area contributed by atoms with Gasteiger partial charge in [-0.25, -0.2) is 0 Å². The number of allylic oxidation sites excluding steroid dienone is 2. The second-order valence-corrected chi connectivity index (χ2v) is 10.7. The van der Waals surface area contributed by atoms with Crippen LogP contribution in [0.3, 0.4) is 0 Å². The molecule has 0 spiro atoms. The van der Waals surface area contributed by atoms with Gasteiger partial charge in [-0.3, -0.25) is 14.3 Å². The molecule has 2 amide bonds. The predicted octanol–water partition coefficient (Wildman–Crippen LogP) is 3.29. The Labute approximate surface area is 218 Å². The number of likely N-dealkylation sites (tertiary alicyclic amines) is 1. The molecule has 3 aliphatic rings. The molecule has 196 valence electrons. The molecule has 1 fully saturated rings. The zero-order valence-electron chi connectivity index (χ0n) is 22.2. The molecule has 2 atom stereocenters. The number of hydrogen-bond acceptors (Lipinski definition) is 5. The number of benzene rings is 1. The van der Waals surface area contributed by atoms with E-state index in [1.165, 1.54) is 0 Å². The number of hydrogen-bond donors (Lipinski definition) is 1. The van der Waals surface area contributed by atoms with E-state index in [4.69, 9.17) is 9.84 Å². The number of nitrogens with zero attached hydrogens (tertiary/aromatic N) is 4. The Morgan fingerprint density at radius 2 is 2.00 bits per heavy atom. The van der Waals surface area contributed by atoms with Crippen LogP contribution in [0.1, 0.15) is 35.7 Å². The summed E-state index contributed by atoms with van der Waals surface area (Å²) in [6.07, 6.45) is 14.4. The molecule has 2 unspecified atom stereocenters. The minimum atomic E-state index is -0.274. The highest BCUT2D eigenvalue weighted by Crippen LogP contribution is 2.44. The van der Waals surface area contributed by atoms with Gasteiger partial charge in [0.15, 0.2) is 0 Å². The van der Waals surface area contributed by atoms with Crippen LogP contribution in [0.5, 0.6) is 0 Å². The summed E-state index contributed by atoms with van der Waals surface area (Å²) in [5.74, 6) is 0.522. The van der Waals surface area contributed by atoms with E-state index in [9.17, 15) is 9.59 Å². The van der Waals surface area contributed by atoms with Crippen molar-refractivity contribution in [2.24, 2.45) is 11.3 Å². The van der Waals surface area contributed by atoms with E-state index in [0.717, 1.165) is 54.5 Å². The Morgan fingerprint density at radius 3 is 2.76 bits per heavy atom. The van der Waals surface area contributed by atoms with E-state index >= 15 is 0 Å². The van der Waals surface area contributed by atoms with Gasteiger partial charge in [0.2, 0.25) is 0 Å². The van der Waals surface area contributed by atoms with Gasteiger partial charge in [-0.05, 0) is 50.3 Å². The number of amides is 2. The van der Waals surface area contributed by atoms with E-state index in [2.05, 4.69) is 47.6 Å². The second-order valence-electron chi connectivity index (χ2n) is 10.7. The highest BCUT2D eigenvalue weighted by atomic mass is 16.5. The van der Waals surface area contributed by atoms with Gasteiger partial charge in [-0.1, -0.05) is 24.3 Å². The molecule has 5 rings (SSSR count). The van der Waals surface area contributed by atoms with Crippen molar-refractivity contribution in [3.05, 3.63) is 65.5 Å². The number of ether oxygens (including phenoxy) is 1. The lowest BCUT2D eigenvalue weighted by atomic mass is 9.75. The molecule has 1 aliphatic carbocycles. The van der Waals surface area contributed by atoms with Crippen LogP contribution in [0.25, 0.3) is 10.9 Å². The Hall–Kier alpha value is -3.39. The third kappa shape index (κ3) is 4.70. The SMILES string of the molecule is COCCNC(=O)c1ccc2nn(CC3CCN(C(=O)C4=CN(C)C5C=CC=CC45C)CC3)cc2c1C. The molecule has 1 N–H and O–H groups in total. The van der Waals surface area contributed by atoms with Gasteiger partial charge in [0, 0.05) is 74.7 Å². The molecule has 1 aromatic carbocycles. The normalized spacial score (nSPS) is 23.5. The number of carbonyl (C=O) groups excluding carboxylic acids is 2. The van der Waals surface area contributed by atoms with E-state index < -0.39 is 0 Å². The lowest BCUT2D eigenvalue weighted by Gasteiger charge is -2.37. The van der Waals surface area contributed by atoms with Crippen LogP contribution in [0, 0.1) is 18.3 Å². The van der Waals surface area contributed by atoms with Crippen LogP contribution in [0.2, 0.25) is 0 Å². The fourth-order valence-corrected chi connectivity index (χ4v) is 5.98. The molecule has 37 heavy (non-hydrogen) atoms. The summed E-state index contributed by atoms with van der Waals surface area (Å²) in [6, 6.07) is 3.96. The minimum Gasteiger partial charge on any atom is -0.383 e. The van der Waals surface area contributed by atoms with E-state index in [-0.39, 0.29) is 23.3 Å². The molecule has 2 aliphatic heterocycles. The van der Waals surface area contributed by atoms with E-state index in [1.807, 2.05) is 41.9 Å². The van der Waals surface area contributed by atoms with E-state index in [1.54, 1.807) is 7.11 Å². The molecule has 8 nitrogen and oxygen atoms in total. The molecular weight excluding hydrogens is 466 g/mol. The van der Waals surface area contributed by atoms with Gasteiger partial charge in [0.1, 0.15) is 0 Å². The summed E-state index contributed by atoms with van der Waals surface area (Å²) in [7, 11) is 3.66. The fraction of sp³-hybridized carbons (Fsp3) is 0.483. The standard InChI is InChI=1S/C29H37N5O3/c1-20-22(27(35)30-13-16-37-4)8-9-25-23(20)18-34(31-25)17-21-10-14-33(15-11-21)28(36)24-19-32(3)26-7-5-6-12-29(24,26)2/h5-9,12,18-19,21,26H,10-11,13-17H2,1-4H3,(H,30,35). The van der Waals surface area contributed by atoms with Gasteiger partial charge in [0.05, 0.1) is 18.2 Å². The molecule has 2 aromatic rings. The Bertz CT molecular complexity index is 1280. The summed E-state index contributed by atoms with van der Waals surface area (Å²) < 4.78 is 7.03. The zero-order valence-corrected chi connectivity index (χ0v) is 22.2. The number of aromatic nitrogens is 2. The average Bonchev–Trinajstić information content (AvgIpc) is 3.42. The Balaban J connectivity index is 1.21. The third-order valence-electron chi connectivity index (χ3n) is 8.23. The van der Waals surface area contributed by atoms with E-state index in [0.29, 0.717) is 24.6 Å². The monoisotopic (exact) mass is 503 g/mol. The number of methoxy groups -OCH3 is 1.